The van der Waals surface area contributed by atoms with Gasteiger partial charge in [-0.15, -0.1) is 0 Å². The minimum Gasteiger partial charge on any atom is -0.464 e. The Bertz CT molecular complexity index is 237. The van der Waals surface area contributed by atoms with E-state index >= 15 is 0 Å². The largest absolute Gasteiger partial charge is 0.464 e. The average molecular weight is 228 g/mol. The summed E-state index contributed by atoms with van der Waals surface area (Å²) in [6.07, 6.45) is -7.32. The van der Waals surface area contributed by atoms with Gasteiger partial charge in [0.05, 0.1) is 6.61 Å². The zero-order valence-electron chi connectivity index (χ0n) is 8.26. The quantitative estimate of drug-likeness (QED) is 0.522. The molecule has 0 aromatic heterocycles. The maximum atomic E-state index is 12.0. The van der Waals surface area contributed by atoms with Crippen molar-refractivity contribution in [2.24, 2.45) is 0 Å². The van der Waals surface area contributed by atoms with Crippen LogP contribution in [0, 0.1) is 0 Å². The van der Waals surface area contributed by atoms with Crippen molar-refractivity contribution < 1.29 is 32.2 Å². The van der Waals surface area contributed by atoms with E-state index in [0.717, 1.165) is 0 Å². The second-order valence-electron chi connectivity index (χ2n) is 2.45. The lowest BCUT2D eigenvalue weighted by atomic mass is 10.2. The second-order valence-corrected chi connectivity index (χ2v) is 2.45. The molecule has 88 valence electrons. The number of hydrogen-bond donors (Lipinski definition) is 0. The van der Waals surface area contributed by atoms with Crippen LogP contribution in [0.2, 0.25) is 0 Å². The van der Waals surface area contributed by atoms with Crippen LogP contribution >= 0.6 is 0 Å². The molecule has 0 fully saturated rings. The summed E-state index contributed by atoms with van der Waals surface area (Å²) >= 11 is 0. The average Bonchev–Trinajstić information content (AvgIpc) is 2.12. The van der Waals surface area contributed by atoms with Gasteiger partial charge in [-0.2, -0.15) is 13.2 Å². The first-order chi connectivity index (χ1) is 6.84. The van der Waals surface area contributed by atoms with Crippen molar-refractivity contribution in [2.75, 3.05) is 13.2 Å². The molecular formula is C8H11F3O4. The fourth-order valence-electron chi connectivity index (χ4n) is 0.784. The smallest absolute Gasteiger partial charge is 0.453 e. The van der Waals surface area contributed by atoms with Gasteiger partial charge in [-0.25, -0.2) is 4.79 Å². The lowest BCUT2D eigenvalue weighted by Gasteiger charge is -2.15. The molecule has 0 aromatic rings. The molecule has 0 bridgehead atoms. The molecule has 1 unspecified atom stereocenters. The molecule has 0 amide bonds. The first kappa shape index (κ1) is 13.9. The van der Waals surface area contributed by atoms with Gasteiger partial charge in [0.25, 0.3) is 5.78 Å². The Hall–Kier alpha value is -1.11. The molecule has 0 heterocycles. The number of hydrogen-bond acceptors (Lipinski definition) is 4. The molecule has 1 atom stereocenters. The van der Waals surface area contributed by atoms with Crippen LogP contribution in [0.3, 0.4) is 0 Å². The summed E-state index contributed by atoms with van der Waals surface area (Å²) in [4.78, 5) is 21.7. The van der Waals surface area contributed by atoms with E-state index in [0.29, 0.717) is 0 Å². The van der Waals surface area contributed by atoms with Gasteiger partial charge in [0.2, 0.25) is 6.10 Å². The summed E-state index contributed by atoms with van der Waals surface area (Å²) in [6.45, 7) is 2.48. The summed E-state index contributed by atoms with van der Waals surface area (Å²) in [6, 6.07) is 0. The van der Waals surface area contributed by atoms with Gasteiger partial charge in [0.1, 0.15) is 0 Å². The van der Waals surface area contributed by atoms with E-state index in [-0.39, 0.29) is 13.2 Å². The third-order valence-corrected chi connectivity index (χ3v) is 1.35. The van der Waals surface area contributed by atoms with Gasteiger partial charge >= 0.3 is 12.1 Å². The van der Waals surface area contributed by atoms with E-state index in [1.165, 1.54) is 13.8 Å². The van der Waals surface area contributed by atoms with Crippen LogP contribution in [-0.2, 0) is 19.1 Å². The topological polar surface area (TPSA) is 52.6 Å². The lowest BCUT2D eigenvalue weighted by Crippen LogP contribution is -2.42. The van der Waals surface area contributed by atoms with E-state index in [9.17, 15) is 22.8 Å². The zero-order valence-corrected chi connectivity index (χ0v) is 8.26. The van der Waals surface area contributed by atoms with Crippen molar-refractivity contribution in [3.05, 3.63) is 0 Å². The summed E-state index contributed by atoms with van der Waals surface area (Å²) < 4.78 is 44.6. The highest BCUT2D eigenvalue weighted by atomic mass is 19.4. The number of alkyl halides is 3. The molecule has 0 aromatic carbocycles. The third-order valence-electron chi connectivity index (χ3n) is 1.35. The monoisotopic (exact) mass is 228 g/mol. The molecular weight excluding hydrogens is 217 g/mol. The summed E-state index contributed by atoms with van der Waals surface area (Å²) in [7, 11) is 0. The highest BCUT2D eigenvalue weighted by molar-refractivity contribution is 6.04. The van der Waals surface area contributed by atoms with Gasteiger partial charge in [0, 0.05) is 6.61 Å². The molecule has 0 aliphatic heterocycles. The van der Waals surface area contributed by atoms with Crippen LogP contribution in [0.1, 0.15) is 13.8 Å². The number of esters is 1. The molecule has 0 aliphatic carbocycles. The summed E-state index contributed by atoms with van der Waals surface area (Å²) in [5.41, 5.74) is 0. The molecule has 0 aliphatic rings. The van der Waals surface area contributed by atoms with Gasteiger partial charge in [-0.1, -0.05) is 0 Å². The minimum absolute atomic E-state index is 0.118. The Labute approximate surface area is 84.3 Å². The molecule has 0 rings (SSSR count). The van der Waals surface area contributed by atoms with Crippen molar-refractivity contribution in [1.29, 1.82) is 0 Å². The zero-order chi connectivity index (χ0) is 12.1. The third kappa shape index (κ3) is 4.28. The number of halogens is 3. The van der Waals surface area contributed by atoms with Crippen LogP contribution < -0.4 is 0 Å². The number of carbonyl (C=O) groups is 2. The van der Waals surface area contributed by atoms with E-state index in [2.05, 4.69) is 9.47 Å². The maximum Gasteiger partial charge on any atom is 0.453 e. The summed E-state index contributed by atoms with van der Waals surface area (Å²) in [5.74, 6) is -3.57. The van der Waals surface area contributed by atoms with Crippen molar-refractivity contribution in [1.82, 2.24) is 0 Å². The maximum absolute atomic E-state index is 12.0. The molecule has 7 heteroatoms. The van der Waals surface area contributed by atoms with Crippen molar-refractivity contribution in [2.45, 2.75) is 26.1 Å². The first-order valence-corrected chi connectivity index (χ1v) is 4.23. The first-order valence-electron chi connectivity index (χ1n) is 4.23. The predicted octanol–water partition coefficient (Wildman–Crippen LogP) is 1.09. The number of ketones is 1. The number of carbonyl (C=O) groups excluding carboxylic acids is 2. The van der Waals surface area contributed by atoms with Crippen LogP contribution in [-0.4, -0.2) is 37.2 Å². The molecule has 0 spiro atoms. The highest BCUT2D eigenvalue weighted by Crippen LogP contribution is 2.20. The van der Waals surface area contributed by atoms with Gasteiger partial charge in [0.15, 0.2) is 0 Å². The molecule has 0 saturated carbocycles. The SMILES string of the molecule is CCOC(=O)C(OCC)C(=O)C(F)(F)F. The van der Waals surface area contributed by atoms with Crippen molar-refractivity contribution in [3.63, 3.8) is 0 Å². The fourth-order valence-corrected chi connectivity index (χ4v) is 0.784. The Morgan fingerprint density at radius 3 is 2.07 bits per heavy atom. The van der Waals surface area contributed by atoms with Gasteiger partial charge in [-0.3, -0.25) is 4.79 Å². The fraction of sp³-hybridized carbons (Fsp3) is 0.750. The summed E-state index contributed by atoms with van der Waals surface area (Å²) in [5, 5.41) is 0. The van der Waals surface area contributed by atoms with Crippen LogP contribution in [0.4, 0.5) is 13.2 Å². The number of Topliss-reactive ketones (excluding diaryl/α,β-unsaturated/α-hetero) is 1. The molecule has 0 saturated heterocycles. The van der Waals surface area contributed by atoms with Gasteiger partial charge in [-0.05, 0) is 13.8 Å². The standard InChI is InChI=1S/C8H11F3O4/c1-3-14-5(7(13)15-4-2)6(12)8(9,10)11/h5H,3-4H2,1-2H3. The van der Waals surface area contributed by atoms with Gasteiger partial charge < -0.3 is 9.47 Å². The van der Waals surface area contributed by atoms with Crippen molar-refractivity contribution in [3.8, 4) is 0 Å². The Morgan fingerprint density at radius 2 is 1.73 bits per heavy atom. The Kier molecular flexibility index (Phi) is 5.27. The number of ether oxygens (including phenoxy) is 2. The highest BCUT2D eigenvalue weighted by Gasteiger charge is 2.47. The van der Waals surface area contributed by atoms with Crippen molar-refractivity contribution >= 4 is 11.8 Å². The number of rotatable bonds is 5. The normalized spacial score (nSPS) is 13.4. The van der Waals surface area contributed by atoms with E-state index in [4.69, 9.17) is 0 Å². The lowest BCUT2D eigenvalue weighted by molar-refractivity contribution is -0.189. The molecule has 0 N–H and O–H groups in total. The molecule has 0 radical (unpaired) electrons. The molecule has 4 nitrogen and oxygen atoms in total. The van der Waals surface area contributed by atoms with E-state index < -0.39 is 24.0 Å². The van der Waals surface area contributed by atoms with Crippen LogP contribution in [0.15, 0.2) is 0 Å². The Balaban J connectivity index is 4.66. The predicted molar refractivity (Wildman–Crippen MR) is 43.1 cm³/mol. The van der Waals surface area contributed by atoms with Crippen LogP contribution in [0.5, 0.6) is 0 Å². The van der Waals surface area contributed by atoms with Crippen LogP contribution in [0.25, 0.3) is 0 Å². The van der Waals surface area contributed by atoms with E-state index in [1.807, 2.05) is 0 Å². The second kappa shape index (κ2) is 5.69. The van der Waals surface area contributed by atoms with E-state index in [1.54, 1.807) is 0 Å². The minimum atomic E-state index is -5.10. The molecule has 15 heavy (non-hydrogen) atoms. The Morgan fingerprint density at radius 1 is 1.20 bits per heavy atom.